The molecule has 0 fully saturated rings. The first-order valence-corrected chi connectivity index (χ1v) is 11.1. The van der Waals surface area contributed by atoms with E-state index in [1.807, 2.05) is 0 Å². The number of fused-ring (bicyclic) bond motifs is 1. The third-order valence-corrected chi connectivity index (χ3v) is 6.06. The summed E-state index contributed by atoms with van der Waals surface area (Å²) in [6.07, 6.45) is 0. The topological polar surface area (TPSA) is 166 Å². The molecule has 0 saturated carbocycles. The monoisotopic (exact) mass is 450 g/mol. The molecule has 3 aromatic carbocycles. The quantitative estimate of drug-likeness (QED) is 0.438. The summed E-state index contributed by atoms with van der Waals surface area (Å²) in [5, 5.41) is 7.71. The van der Waals surface area contributed by atoms with Crippen molar-refractivity contribution in [2.45, 2.75) is 16.7 Å². The molecule has 0 atom stereocenters. The van der Waals surface area contributed by atoms with E-state index < -0.39 is 30.0 Å². The number of azo groups is 1. The first-order chi connectivity index (χ1) is 13.9. The highest BCUT2D eigenvalue weighted by Crippen LogP contribution is 2.35. The van der Waals surface area contributed by atoms with E-state index in [9.17, 15) is 25.9 Å². The summed E-state index contributed by atoms with van der Waals surface area (Å²) in [7, 11) is -8.04. The van der Waals surface area contributed by atoms with Gasteiger partial charge in [-0.3, -0.25) is 14.8 Å². The maximum Gasteiger partial charge on any atom is 0.295 e. The van der Waals surface area contributed by atoms with E-state index in [-0.39, 0.29) is 27.9 Å². The Hall–Kier alpha value is -3.06. The van der Waals surface area contributed by atoms with E-state index >= 15 is 0 Å². The lowest BCUT2D eigenvalue weighted by Crippen LogP contribution is -2.03. The van der Waals surface area contributed by atoms with Crippen molar-refractivity contribution in [3.05, 3.63) is 48.0 Å². The smallest absolute Gasteiger partial charge is 0.295 e. The molecule has 1 radical (unpaired) electrons. The van der Waals surface area contributed by atoms with Gasteiger partial charge in [-0.15, -0.1) is 0 Å². The number of rotatable bonds is 5. The van der Waals surface area contributed by atoms with Crippen LogP contribution in [0.15, 0.2) is 62.5 Å². The second-order valence-corrected chi connectivity index (χ2v) is 9.06. The zero-order chi connectivity index (χ0) is 22.3. The van der Waals surface area contributed by atoms with Crippen LogP contribution in [0.5, 0.6) is 5.75 Å². The molecule has 0 aliphatic rings. The average Bonchev–Trinajstić information content (AvgIpc) is 2.64. The zero-order valence-electron chi connectivity index (χ0n) is 15.7. The van der Waals surface area contributed by atoms with Gasteiger partial charge in [-0.1, -0.05) is 12.1 Å². The van der Waals surface area contributed by atoms with Crippen LogP contribution in [0.1, 0.15) is 5.56 Å². The van der Waals surface area contributed by atoms with Crippen molar-refractivity contribution in [3.63, 3.8) is 0 Å². The molecule has 12 heteroatoms. The van der Waals surface area contributed by atoms with Crippen LogP contribution in [-0.2, 0) is 20.2 Å². The lowest BCUT2D eigenvalue weighted by molar-refractivity contribution is 0.416. The summed E-state index contributed by atoms with van der Waals surface area (Å²) >= 11 is 0. The van der Waals surface area contributed by atoms with Crippen LogP contribution in [0.4, 0.5) is 17.1 Å². The largest absolute Gasteiger partial charge is 0.494 e. The van der Waals surface area contributed by atoms with E-state index in [0.29, 0.717) is 11.3 Å². The van der Waals surface area contributed by atoms with Crippen LogP contribution in [0, 0.1) is 6.92 Å². The first-order valence-electron chi connectivity index (χ1n) is 8.25. The van der Waals surface area contributed by atoms with Gasteiger partial charge in [0.25, 0.3) is 20.2 Å². The standard InChI is InChI=1S/C18H16N3O7S2/c1-10-6-14(19)16(28-2)9-15(10)21-20-11-7-13-12(18(8-11)30(25,26)27)4-3-5-17(13)29(22,23)24/h3-9,19H,1-2H3,(H,22,23,24)(H,25,26,27)/b21-20+. The van der Waals surface area contributed by atoms with E-state index in [0.717, 1.165) is 12.1 Å². The highest BCUT2D eigenvalue weighted by molar-refractivity contribution is 7.86. The molecule has 3 aromatic rings. The molecule has 0 amide bonds. The number of ether oxygens (including phenoxy) is 1. The van der Waals surface area contributed by atoms with E-state index in [2.05, 4.69) is 10.2 Å². The fraction of sp³-hybridized carbons (Fsp3) is 0.111. The summed E-state index contributed by atoms with van der Waals surface area (Å²) in [6, 6.07) is 8.84. The summed E-state index contributed by atoms with van der Waals surface area (Å²) in [4.78, 5) is -1.13. The molecule has 0 aromatic heterocycles. The van der Waals surface area contributed by atoms with Gasteiger partial charge in [0.1, 0.15) is 15.5 Å². The minimum Gasteiger partial charge on any atom is -0.494 e. The van der Waals surface area contributed by atoms with Crippen molar-refractivity contribution in [1.82, 2.24) is 5.73 Å². The number of benzene rings is 3. The number of hydrogen-bond acceptors (Lipinski definition) is 7. The van der Waals surface area contributed by atoms with Gasteiger partial charge in [-0.25, -0.2) is 0 Å². The van der Waals surface area contributed by atoms with Crippen LogP contribution in [0.2, 0.25) is 0 Å². The number of methoxy groups -OCH3 is 1. The highest BCUT2D eigenvalue weighted by Gasteiger charge is 2.21. The Morgan fingerprint density at radius 2 is 1.57 bits per heavy atom. The van der Waals surface area contributed by atoms with Gasteiger partial charge < -0.3 is 4.74 Å². The Labute approximate surface area is 172 Å². The van der Waals surface area contributed by atoms with Crippen molar-refractivity contribution in [3.8, 4) is 5.75 Å². The summed E-state index contributed by atoms with van der Waals surface area (Å²) in [6.45, 7) is 1.69. The van der Waals surface area contributed by atoms with Crippen molar-refractivity contribution < 1.29 is 30.7 Å². The predicted molar refractivity (Wildman–Crippen MR) is 108 cm³/mol. The molecule has 10 nitrogen and oxygen atoms in total. The molecule has 157 valence electrons. The molecule has 0 spiro atoms. The van der Waals surface area contributed by atoms with Crippen molar-refractivity contribution in [1.29, 1.82) is 0 Å². The van der Waals surface area contributed by atoms with Crippen molar-refractivity contribution >= 4 is 48.1 Å². The number of hydrogen-bond donors (Lipinski definition) is 2. The van der Waals surface area contributed by atoms with Gasteiger partial charge in [-0.2, -0.15) is 27.1 Å². The Kier molecular flexibility index (Phi) is 5.52. The van der Waals surface area contributed by atoms with Gasteiger partial charge in [0.15, 0.2) is 0 Å². The minimum atomic E-state index is -4.74. The van der Waals surface area contributed by atoms with Crippen LogP contribution in [0.3, 0.4) is 0 Å². The van der Waals surface area contributed by atoms with Gasteiger partial charge in [0.2, 0.25) is 0 Å². The summed E-state index contributed by atoms with van der Waals surface area (Å²) in [5.74, 6) is 0.250. The Balaban J connectivity index is 2.26. The van der Waals surface area contributed by atoms with E-state index in [1.165, 1.54) is 37.4 Å². The molecule has 0 unspecified atom stereocenters. The fourth-order valence-electron chi connectivity index (χ4n) is 2.87. The fourth-order valence-corrected chi connectivity index (χ4v) is 4.29. The van der Waals surface area contributed by atoms with Crippen LogP contribution < -0.4 is 10.5 Å². The van der Waals surface area contributed by atoms with E-state index in [4.69, 9.17) is 10.5 Å². The van der Waals surface area contributed by atoms with Gasteiger partial charge in [-0.05, 0) is 36.8 Å². The molecule has 0 bridgehead atoms. The molecule has 0 saturated heterocycles. The SMILES string of the molecule is COc1cc(/N=N/c2cc(S(=O)(=O)O)c3cccc(S(=O)(=O)O)c3c2)c(C)cc1[NH]. The minimum absolute atomic E-state index is 0.0838. The Bertz CT molecular complexity index is 1400. The lowest BCUT2D eigenvalue weighted by atomic mass is 10.1. The average molecular weight is 450 g/mol. The third-order valence-electron chi connectivity index (χ3n) is 4.25. The molecule has 3 N–H and O–H groups in total. The Morgan fingerprint density at radius 1 is 0.900 bits per heavy atom. The van der Waals surface area contributed by atoms with Gasteiger partial charge in [0, 0.05) is 16.8 Å². The normalized spacial score (nSPS) is 12.5. The maximum absolute atomic E-state index is 11.8. The van der Waals surface area contributed by atoms with Gasteiger partial charge >= 0.3 is 0 Å². The molecule has 3 rings (SSSR count). The Morgan fingerprint density at radius 3 is 2.17 bits per heavy atom. The third kappa shape index (κ3) is 4.26. The number of nitrogens with zero attached hydrogens (tertiary/aromatic N) is 2. The molecule has 0 aliphatic carbocycles. The molecular formula is C18H16N3O7S2. The van der Waals surface area contributed by atoms with Crippen LogP contribution >= 0.6 is 0 Å². The second kappa shape index (κ2) is 7.65. The van der Waals surface area contributed by atoms with Crippen molar-refractivity contribution in [2.75, 3.05) is 7.11 Å². The predicted octanol–water partition coefficient (Wildman–Crippen LogP) is 3.98. The molecule has 0 aliphatic heterocycles. The molecular weight excluding hydrogens is 434 g/mol. The number of aryl methyl sites for hydroxylation is 1. The second-order valence-electron chi connectivity index (χ2n) is 6.28. The first kappa shape index (κ1) is 21.6. The van der Waals surface area contributed by atoms with Crippen LogP contribution in [0.25, 0.3) is 10.8 Å². The maximum atomic E-state index is 11.8. The molecule has 30 heavy (non-hydrogen) atoms. The van der Waals surface area contributed by atoms with Crippen LogP contribution in [-0.4, -0.2) is 33.1 Å². The zero-order valence-corrected chi connectivity index (χ0v) is 17.3. The van der Waals surface area contributed by atoms with Gasteiger partial charge in [0.05, 0.1) is 24.2 Å². The lowest BCUT2D eigenvalue weighted by Gasteiger charge is -2.09. The summed E-state index contributed by atoms with van der Waals surface area (Å²) in [5.41, 5.74) is 8.79. The summed E-state index contributed by atoms with van der Waals surface area (Å²) < 4.78 is 71.2. The number of nitrogens with one attached hydrogen (secondary N) is 1. The highest BCUT2D eigenvalue weighted by atomic mass is 32.2. The molecule has 0 heterocycles. The van der Waals surface area contributed by atoms with E-state index in [1.54, 1.807) is 6.92 Å². The van der Waals surface area contributed by atoms with Crippen molar-refractivity contribution in [2.24, 2.45) is 10.2 Å².